The van der Waals surface area contributed by atoms with Crippen molar-refractivity contribution in [1.82, 2.24) is 0 Å². The van der Waals surface area contributed by atoms with E-state index in [1.807, 2.05) is 0 Å². The number of rotatable bonds is 3. The van der Waals surface area contributed by atoms with E-state index in [0.29, 0.717) is 23.3 Å². The number of anilines is 2. The molecule has 4 nitrogen and oxygen atoms in total. The molecular weight excluding hydrogens is 228 g/mol. The van der Waals surface area contributed by atoms with Crippen LogP contribution in [0.4, 0.5) is 11.4 Å². The van der Waals surface area contributed by atoms with Crippen molar-refractivity contribution in [2.24, 2.45) is 5.92 Å². The highest BCUT2D eigenvalue weighted by atomic mass is 16.4. The van der Waals surface area contributed by atoms with E-state index in [9.17, 15) is 9.90 Å². The van der Waals surface area contributed by atoms with Crippen molar-refractivity contribution in [2.75, 3.05) is 11.1 Å². The second kappa shape index (κ2) is 5.29. The molecule has 2 rings (SSSR count). The number of carbonyl (C=O) groups is 1. The van der Waals surface area contributed by atoms with E-state index in [2.05, 4.69) is 12.2 Å². The molecule has 0 radical (unpaired) electrons. The molecule has 0 amide bonds. The van der Waals surface area contributed by atoms with Crippen LogP contribution in [-0.2, 0) is 0 Å². The van der Waals surface area contributed by atoms with Crippen molar-refractivity contribution < 1.29 is 9.90 Å². The number of benzene rings is 1. The second-order valence-corrected chi connectivity index (χ2v) is 5.12. The standard InChI is InChI=1S/C14H20N2O2/c1-9-4-2-3-5-12(9)16-13-7-6-10(15)8-11(13)14(17)18/h6-9,12,16H,2-5,15H2,1H3,(H,17,18). The number of nitrogens with one attached hydrogen (secondary N) is 1. The molecule has 1 fully saturated rings. The summed E-state index contributed by atoms with van der Waals surface area (Å²) in [6, 6.07) is 5.38. The molecule has 0 spiro atoms. The van der Waals surface area contributed by atoms with Gasteiger partial charge in [0.1, 0.15) is 0 Å². The first-order valence-corrected chi connectivity index (χ1v) is 6.47. The van der Waals surface area contributed by atoms with Gasteiger partial charge in [-0.1, -0.05) is 19.8 Å². The molecule has 1 aromatic rings. The lowest BCUT2D eigenvalue weighted by atomic mass is 9.85. The number of carboxylic acid groups (broad SMARTS) is 1. The Bertz CT molecular complexity index is 445. The maximum Gasteiger partial charge on any atom is 0.337 e. The molecule has 1 aromatic carbocycles. The smallest absolute Gasteiger partial charge is 0.337 e. The van der Waals surface area contributed by atoms with Gasteiger partial charge in [-0.25, -0.2) is 4.79 Å². The fraction of sp³-hybridized carbons (Fsp3) is 0.500. The topological polar surface area (TPSA) is 75.3 Å². The Hall–Kier alpha value is -1.71. The lowest BCUT2D eigenvalue weighted by Gasteiger charge is -2.30. The highest BCUT2D eigenvalue weighted by Crippen LogP contribution is 2.28. The first-order valence-electron chi connectivity index (χ1n) is 6.47. The minimum absolute atomic E-state index is 0.257. The maximum absolute atomic E-state index is 11.2. The molecule has 1 aliphatic carbocycles. The summed E-state index contributed by atoms with van der Waals surface area (Å²) in [5, 5.41) is 12.6. The lowest BCUT2D eigenvalue weighted by molar-refractivity contribution is 0.0698. The van der Waals surface area contributed by atoms with Crippen LogP contribution in [0.3, 0.4) is 0 Å². The second-order valence-electron chi connectivity index (χ2n) is 5.12. The molecule has 4 heteroatoms. The summed E-state index contributed by atoms with van der Waals surface area (Å²) in [4.78, 5) is 11.2. The van der Waals surface area contributed by atoms with Crippen LogP contribution in [0, 0.1) is 5.92 Å². The molecule has 0 aromatic heterocycles. The van der Waals surface area contributed by atoms with Crippen molar-refractivity contribution in [3.8, 4) is 0 Å². The molecular formula is C14H20N2O2. The number of nitrogen functional groups attached to an aromatic ring is 1. The molecule has 18 heavy (non-hydrogen) atoms. The zero-order chi connectivity index (χ0) is 13.1. The Morgan fingerprint density at radius 2 is 2.11 bits per heavy atom. The Labute approximate surface area is 107 Å². The summed E-state index contributed by atoms with van der Waals surface area (Å²) in [7, 11) is 0. The molecule has 0 saturated heterocycles. The van der Waals surface area contributed by atoms with Crippen LogP contribution in [0.5, 0.6) is 0 Å². The number of nitrogens with two attached hydrogens (primary N) is 1. The number of aromatic carboxylic acids is 1. The quantitative estimate of drug-likeness (QED) is 0.719. The van der Waals surface area contributed by atoms with Gasteiger partial charge < -0.3 is 16.2 Å². The Kier molecular flexibility index (Phi) is 3.75. The number of hydrogen-bond donors (Lipinski definition) is 3. The predicted octanol–water partition coefficient (Wildman–Crippen LogP) is 2.96. The summed E-state index contributed by atoms with van der Waals surface area (Å²) >= 11 is 0. The normalized spacial score (nSPS) is 23.6. The third kappa shape index (κ3) is 2.75. The van der Waals surface area contributed by atoms with Gasteiger partial charge in [0, 0.05) is 17.4 Å². The van der Waals surface area contributed by atoms with Gasteiger partial charge in [0.25, 0.3) is 0 Å². The van der Waals surface area contributed by atoms with Crippen molar-refractivity contribution in [3.63, 3.8) is 0 Å². The zero-order valence-electron chi connectivity index (χ0n) is 10.6. The largest absolute Gasteiger partial charge is 0.478 e. The van der Waals surface area contributed by atoms with E-state index in [1.165, 1.54) is 25.3 Å². The number of carboxylic acids is 1. The SMILES string of the molecule is CC1CCCCC1Nc1ccc(N)cc1C(=O)O. The van der Waals surface area contributed by atoms with Crippen molar-refractivity contribution in [3.05, 3.63) is 23.8 Å². The first-order chi connectivity index (χ1) is 8.58. The van der Waals surface area contributed by atoms with Crippen LogP contribution in [0.15, 0.2) is 18.2 Å². The van der Waals surface area contributed by atoms with Crippen LogP contribution < -0.4 is 11.1 Å². The summed E-state index contributed by atoms with van der Waals surface area (Å²) in [5.41, 5.74) is 7.05. The van der Waals surface area contributed by atoms with Crippen LogP contribution in [-0.4, -0.2) is 17.1 Å². The molecule has 0 heterocycles. The highest BCUT2D eigenvalue weighted by Gasteiger charge is 2.22. The molecule has 98 valence electrons. The van der Waals surface area contributed by atoms with Gasteiger partial charge in [0.2, 0.25) is 0 Å². The van der Waals surface area contributed by atoms with Crippen molar-refractivity contribution in [2.45, 2.75) is 38.6 Å². The van der Waals surface area contributed by atoms with Crippen LogP contribution in [0.1, 0.15) is 43.0 Å². The van der Waals surface area contributed by atoms with Gasteiger partial charge in [0.05, 0.1) is 5.56 Å². The Morgan fingerprint density at radius 1 is 1.39 bits per heavy atom. The van der Waals surface area contributed by atoms with Gasteiger partial charge in [0.15, 0.2) is 0 Å². The van der Waals surface area contributed by atoms with Crippen molar-refractivity contribution >= 4 is 17.3 Å². The van der Waals surface area contributed by atoms with Crippen LogP contribution >= 0.6 is 0 Å². The molecule has 1 saturated carbocycles. The van der Waals surface area contributed by atoms with E-state index in [-0.39, 0.29) is 5.56 Å². The molecule has 4 N–H and O–H groups in total. The van der Waals surface area contributed by atoms with Gasteiger partial charge >= 0.3 is 5.97 Å². The first kappa shape index (κ1) is 12.7. The Balaban J connectivity index is 2.20. The average molecular weight is 248 g/mol. The van der Waals surface area contributed by atoms with Gasteiger partial charge in [-0.05, 0) is 37.0 Å². The minimum Gasteiger partial charge on any atom is -0.478 e. The summed E-state index contributed by atoms with van der Waals surface area (Å²) in [6.07, 6.45) is 4.78. The van der Waals surface area contributed by atoms with Gasteiger partial charge in [-0.15, -0.1) is 0 Å². The molecule has 0 aliphatic heterocycles. The third-order valence-electron chi connectivity index (χ3n) is 3.73. The molecule has 0 bridgehead atoms. The summed E-state index contributed by atoms with van der Waals surface area (Å²) < 4.78 is 0. The fourth-order valence-corrected chi connectivity index (χ4v) is 2.60. The monoisotopic (exact) mass is 248 g/mol. The Morgan fingerprint density at radius 3 is 2.78 bits per heavy atom. The van der Waals surface area contributed by atoms with Crippen LogP contribution in [0.2, 0.25) is 0 Å². The highest BCUT2D eigenvalue weighted by molar-refractivity contribution is 5.95. The lowest BCUT2D eigenvalue weighted by Crippen LogP contribution is -2.31. The maximum atomic E-state index is 11.2. The van der Waals surface area contributed by atoms with Gasteiger partial charge in [-0.2, -0.15) is 0 Å². The van der Waals surface area contributed by atoms with E-state index < -0.39 is 5.97 Å². The molecule has 1 aliphatic rings. The van der Waals surface area contributed by atoms with Gasteiger partial charge in [-0.3, -0.25) is 0 Å². The summed E-state index contributed by atoms with van der Waals surface area (Å²) in [5.74, 6) is -0.355. The molecule has 2 unspecified atom stereocenters. The van der Waals surface area contributed by atoms with E-state index >= 15 is 0 Å². The van der Waals surface area contributed by atoms with Crippen LogP contribution in [0.25, 0.3) is 0 Å². The minimum atomic E-state index is -0.937. The average Bonchev–Trinajstić information content (AvgIpc) is 2.34. The van der Waals surface area contributed by atoms with Crippen molar-refractivity contribution in [1.29, 1.82) is 0 Å². The van der Waals surface area contributed by atoms with E-state index in [0.717, 1.165) is 6.42 Å². The molecule has 2 atom stereocenters. The number of hydrogen-bond acceptors (Lipinski definition) is 3. The zero-order valence-corrected chi connectivity index (χ0v) is 10.6. The fourth-order valence-electron chi connectivity index (χ4n) is 2.60. The van der Waals surface area contributed by atoms with E-state index in [4.69, 9.17) is 5.73 Å². The van der Waals surface area contributed by atoms with E-state index in [1.54, 1.807) is 12.1 Å². The summed E-state index contributed by atoms with van der Waals surface area (Å²) in [6.45, 7) is 2.22. The third-order valence-corrected chi connectivity index (χ3v) is 3.73. The predicted molar refractivity (Wildman–Crippen MR) is 72.9 cm³/mol.